The number of ether oxygens (including phenoxy) is 1. The first-order chi connectivity index (χ1) is 15.2. The van der Waals surface area contributed by atoms with Gasteiger partial charge in [-0.2, -0.15) is 0 Å². The highest BCUT2D eigenvalue weighted by atomic mass is 35.5. The quantitative estimate of drug-likeness (QED) is 0.622. The van der Waals surface area contributed by atoms with Crippen LogP contribution in [0.25, 0.3) is 0 Å². The van der Waals surface area contributed by atoms with Crippen LogP contribution in [0.15, 0.2) is 42.5 Å². The van der Waals surface area contributed by atoms with E-state index < -0.39 is 22.0 Å². The molecular formula is C23H30ClN3O4S. The smallest absolute Gasteiger partial charge is 0.243 e. The van der Waals surface area contributed by atoms with Crippen LogP contribution in [-0.2, 0) is 21.4 Å². The summed E-state index contributed by atoms with van der Waals surface area (Å²) in [5.74, 6) is 0.0245. The fraction of sp³-hybridized carbons (Fsp3) is 0.435. The summed E-state index contributed by atoms with van der Waals surface area (Å²) in [6.07, 6.45) is 4.78. The number of amides is 1. The molecule has 174 valence electrons. The normalized spacial score (nSPS) is 15.2. The van der Waals surface area contributed by atoms with Crippen molar-refractivity contribution in [2.75, 3.05) is 35.7 Å². The molecule has 1 N–H and O–H groups in total. The van der Waals surface area contributed by atoms with Crippen LogP contribution in [0.3, 0.4) is 0 Å². The predicted molar refractivity (Wildman–Crippen MR) is 129 cm³/mol. The maximum absolute atomic E-state index is 12.8. The third kappa shape index (κ3) is 5.86. The maximum atomic E-state index is 12.8. The van der Waals surface area contributed by atoms with E-state index >= 15 is 0 Å². The molecule has 1 aliphatic rings. The van der Waals surface area contributed by atoms with Crippen LogP contribution in [0, 0.1) is 0 Å². The third-order valence-electron chi connectivity index (χ3n) is 5.60. The van der Waals surface area contributed by atoms with Crippen molar-refractivity contribution in [1.29, 1.82) is 0 Å². The number of halogens is 1. The molecule has 9 heteroatoms. The minimum atomic E-state index is -3.73. The van der Waals surface area contributed by atoms with Crippen molar-refractivity contribution in [2.45, 2.75) is 38.8 Å². The minimum Gasteiger partial charge on any atom is -0.495 e. The first kappa shape index (κ1) is 24.2. The Bertz CT molecular complexity index is 1040. The van der Waals surface area contributed by atoms with Gasteiger partial charge in [-0.15, -0.1) is 0 Å². The van der Waals surface area contributed by atoms with Crippen LogP contribution >= 0.6 is 11.6 Å². The summed E-state index contributed by atoms with van der Waals surface area (Å²) in [4.78, 5) is 15.2. The molecule has 1 saturated heterocycles. The summed E-state index contributed by atoms with van der Waals surface area (Å²) in [6, 6.07) is 11.8. The van der Waals surface area contributed by atoms with Gasteiger partial charge in [0.25, 0.3) is 0 Å². The van der Waals surface area contributed by atoms with Gasteiger partial charge in [0.1, 0.15) is 11.8 Å². The van der Waals surface area contributed by atoms with Crippen molar-refractivity contribution in [2.24, 2.45) is 0 Å². The van der Waals surface area contributed by atoms with Gasteiger partial charge in [0, 0.05) is 25.3 Å². The number of nitrogens with one attached hydrogen (secondary N) is 1. The summed E-state index contributed by atoms with van der Waals surface area (Å²) in [5.41, 5.74) is 2.43. The van der Waals surface area contributed by atoms with Gasteiger partial charge in [-0.05, 0) is 62.1 Å². The van der Waals surface area contributed by atoms with Gasteiger partial charge in [0.15, 0.2) is 0 Å². The van der Waals surface area contributed by atoms with Crippen molar-refractivity contribution in [1.82, 2.24) is 5.32 Å². The number of sulfonamides is 1. The molecule has 1 heterocycles. The SMILES string of the molecule is COc1ccc(N([C@@H](C)C(=O)NCc2ccc(N3CCCCC3)cc2)S(C)(=O)=O)cc1Cl. The van der Waals surface area contributed by atoms with Gasteiger partial charge in [-0.25, -0.2) is 8.42 Å². The summed E-state index contributed by atoms with van der Waals surface area (Å²) in [7, 11) is -2.26. The fourth-order valence-electron chi connectivity index (χ4n) is 3.91. The van der Waals surface area contributed by atoms with E-state index in [9.17, 15) is 13.2 Å². The molecule has 3 rings (SSSR count). The molecule has 0 aromatic heterocycles. The van der Waals surface area contributed by atoms with Crippen molar-refractivity contribution in [3.63, 3.8) is 0 Å². The summed E-state index contributed by atoms with van der Waals surface area (Å²) >= 11 is 6.17. The molecule has 2 aromatic rings. The van der Waals surface area contributed by atoms with E-state index in [2.05, 4.69) is 22.3 Å². The first-order valence-corrected chi connectivity index (χ1v) is 12.9. The number of nitrogens with zero attached hydrogens (tertiary/aromatic N) is 2. The molecule has 0 unspecified atom stereocenters. The largest absolute Gasteiger partial charge is 0.495 e. The van der Waals surface area contributed by atoms with Gasteiger partial charge < -0.3 is 15.0 Å². The molecular weight excluding hydrogens is 450 g/mol. The average Bonchev–Trinajstić information content (AvgIpc) is 2.77. The van der Waals surface area contributed by atoms with E-state index in [0.29, 0.717) is 18.0 Å². The number of rotatable bonds is 8. The van der Waals surface area contributed by atoms with E-state index in [-0.39, 0.29) is 5.02 Å². The molecule has 1 fully saturated rings. The number of hydrogen-bond donors (Lipinski definition) is 1. The Kier molecular flexibility index (Phi) is 7.90. The highest BCUT2D eigenvalue weighted by Gasteiger charge is 2.29. The highest BCUT2D eigenvalue weighted by Crippen LogP contribution is 2.31. The van der Waals surface area contributed by atoms with Crippen molar-refractivity contribution >= 4 is 38.9 Å². The lowest BCUT2D eigenvalue weighted by atomic mass is 10.1. The van der Waals surface area contributed by atoms with E-state index in [1.807, 2.05) is 12.1 Å². The van der Waals surface area contributed by atoms with Gasteiger partial charge in [-0.3, -0.25) is 9.10 Å². The molecule has 0 radical (unpaired) electrons. The lowest BCUT2D eigenvalue weighted by Gasteiger charge is -2.29. The zero-order valence-corrected chi connectivity index (χ0v) is 20.2. The minimum absolute atomic E-state index is 0.264. The molecule has 7 nitrogen and oxygen atoms in total. The van der Waals surface area contributed by atoms with E-state index in [1.54, 1.807) is 19.1 Å². The third-order valence-corrected chi connectivity index (χ3v) is 7.14. The number of hydrogen-bond acceptors (Lipinski definition) is 5. The van der Waals surface area contributed by atoms with Crippen LogP contribution in [-0.4, -0.2) is 46.8 Å². The van der Waals surface area contributed by atoms with E-state index in [4.69, 9.17) is 16.3 Å². The molecule has 0 spiro atoms. The topological polar surface area (TPSA) is 79.0 Å². The monoisotopic (exact) mass is 479 g/mol. The maximum Gasteiger partial charge on any atom is 0.243 e. The summed E-state index contributed by atoms with van der Waals surface area (Å²) in [5, 5.41) is 3.10. The number of carbonyl (C=O) groups is 1. The Morgan fingerprint density at radius 1 is 1.16 bits per heavy atom. The second-order valence-electron chi connectivity index (χ2n) is 7.99. The molecule has 2 aromatic carbocycles. The lowest BCUT2D eigenvalue weighted by molar-refractivity contribution is -0.122. The zero-order chi connectivity index (χ0) is 23.3. The molecule has 0 aliphatic carbocycles. The molecule has 1 atom stereocenters. The lowest BCUT2D eigenvalue weighted by Crippen LogP contribution is -2.47. The van der Waals surface area contributed by atoms with E-state index in [1.165, 1.54) is 38.1 Å². The number of carbonyl (C=O) groups excluding carboxylic acids is 1. The van der Waals surface area contributed by atoms with Crippen LogP contribution < -0.4 is 19.3 Å². The van der Waals surface area contributed by atoms with Gasteiger partial charge in [0.2, 0.25) is 15.9 Å². The Labute approximate surface area is 195 Å². The Balaban J connectivity index is 1.68. The van der Waals surface area contributed by atoms with Crippen molar-refractivity contribution < 1.29 is 17.9 Å². The standard InChI is InChI=1S/C23H30ClN3O4S/c1-17(27(32(3,29)30)20-11-12-22(31-2)21(24)15-20)23(28)25-16-18-7-9-19(10-8-18)26-13-5-4-6-14-26/h7-12,15,17H,4-6,13-14,16H2,1-3H3,(H,25,28)/t17-/m0/s1. The summed E-state index contributed by atoms with van der Waals surface area (Å²) < 4.78 is 31.1. The van der Waals surface area contributed by atoms with Crippen LogP contribution in [0.2, 0.25) is 5.02 Å². The highest BCUT2D eigenvalue weighted by molar-refractivity contribution is 7.92. The number of benzene rings is 2. The average molecular weight is 480 g/mol. The Hall–Kier alpha value is -2.45. The Morgan fingerprint density at radius 2 is 1.81 bits per heavy atom. The second kappa shape index (κ2) is 10.4. The predicted octanol–water partition coefficient (Wildman–Crippen LogP) is 3.81. The molecule has 1 amide bonds. The van der Waals surface area contributed by atoms with Gasteiger partial charge in [0.05, 0.1) is 24.1 Å². The fourth-order valence-corrected chi connectivity index (χ4v) is 5.33. The number of methoxy groups -OCH3 is 1. The number of anilines is 2. The second-order valence-corrected chi connectivity index (χ2v) is 10.3. The molecule has 1 aliphatic heterocycles. The van der Waals surface area contributed by atoms with E-state index in [0.717, 1.165) is 29.2 Å². The zero-order valence-electron chi connectivity index (χ0n) is 18.7. The van der Waals surface area contributed by atoms with Crippen molar-refractivity contribution in [3.05, 3.63) is 53.1 Å². The molecule has 0 bridgehead atoms. The van der Waals surface area contributed by atoms with Crippen LogP contribution in [0.1, 0.15) is 31.7 Å². The molecule has 0 saturated carbocycles. The van der Waals surface area contributed by atoms with Gasteiger partial charge in [-0.1, -0.05) is 23.7 Å². The number of piperidine rings is 1. The van der Waals surface area contributed by atoms with Gasteiger partial charge >= 0.3 is 0 Å². The van der Waals surface area contributed by atoms with Crippen LogP contribution in [0.5, 0.6) is 5.75 Å². The van der Waals surface area contributed by atoms with Crippen LogP contribution in [0.4, 0.5) is 11.4 Å². The first-order valence-electron chi connectivity index (χ1n) is 10.7. The van der Waals surface area contributed by atoms with Crippen molar-refractivity contribution in [3.8, 4) is 5.75 Å². The summed E-state index contributed by atoms with van der Waals surface area (Å²) in [6.45, 7) is 4.01. The molecule has 32 heavy (non-hydrogen) atoms. The Morgan fingerprint density at radius 3 is 2.38 bits per heavy atom.